The standard InChI is InChI=1S/C10H15NO2/c1-3-10(12)11-8(2)7-9-5-4-6-13-9/h4-6,8H,3,7H2,1-2H3,(H,11,12). The summed E-state index contributed by atoms with van der Waals surface area (Å²) in [6, 6.07) is 3.90. The van der Waals surface area contributed by atoms with Gasteiger partial charge in [0.2, 0.25) is 5.91 Å². The van der Waals surface area contributed by atoms with Gasteiger partial charge in [0.25, 0.3) is 0 Å². The molecule has 0 aliphatic rings. The number of rotatable bonds is 4. The first-order chi connectivity index (χ1) is 6.22. The van der Waals surface area contributed by atoms with Gasteiger partial charge >= 0.3 is 0 Å². The van der Waals surface area contributed by atoms with Gasteiger partial charge in [0.05, 0.1) is 6.26 Å². The molecule has 1 aromatic rings. The van der Waals surface area contributed by atoms with Crippen molar-refractivity contribution in [1.82, 2.24) is 5.32 Å². The van der Waals surface area contributed by atoms with Gasteiger partial charge in [-0.25, -0.2) is 0 Å². The van der Waals surface area contributed by atoms with Crippen LogP contribution in [0.5, 0.6) is 0 Å². The molecule has 1 unspecified atom stereocenters. The Morgan fingerprint density at radius 3 is 3.00 bits per heavy atom. The third kappa shape index (κ3) is 3.32. The summed E-state index contributed by atoms with van der Waals surface area (Å²) in [5.74, 6) is 0.989. The van der Waals surface area contributed by atoms with E-state index >= 15 is 0 Å². The summed E-state index contributed by atoms with van der Waals surface area (Å²) >= 11 is 0. The molecule has 1 atom stereocenters. The first-order valence-corrected chi connectivity index (χ1v) is 4.54. The van der Waals surface area contributed by atoms with E-state index in [1.54, 1.807) is 6.26 Å². The van der Waals surface area contributed by atoms with E-state index in [0.29, 0.717) is 6.42 Å². The van der Waals surface area contributed by atoms with Gasteiger partial charge in [-0.15, -0.1) is 0 Å². The van der Waals surface area contributed by atoms with E-state index in [1.165, 1.54) is 0 Å². The van der Waals surface area contributed by atoms with Gasteiger partial charge in [0.15, 0.2) is 0 Å². The van der Waals surface area contributed by atoms with Gasteiger partial charge < -0.3 is 9.73 Å². The van der Waals surface area contributed by atoms with Crippen molar-refractivity contribution in [2.24, 2.45) is 0 Å². The van der Waals surface area contributed by atoms with Crippen LogP contribution in [0, 0.1) is 0 Å². The Hall–Kier alpha value is -1.25. The van der Waals surface area contributed by atoms with Crippen molar-refractivity contribution in [2.45, 2.75) is 32.7 Å². The largest absolute Gasteiger partial charge is 0.469 e. The Bertz CT molecular complexity index is 254. The number of furan rings is 1. The number of hydrogen-bond acceptors (Lipinski definition) is 2. The van der Waals surface area contributed by atoms with Crippen LogP contribution < -0.4 is 5.32 Å². The molecule has 0 saturated heterocycles. The molecule has 0 aliphatic carbocycles. The second-order valence-electron chi connectivity index (χ2n) is 3.11. The zero-order valence-corrected chi connectivity index (χ0v) is 8.04. The number of carbonyl (C=O) groups excluding carboxylic acids is 1. The highest BCUT2D eigenvalue weighted by Crippen LogP contribution is 2.03. The molecule has 0 spiro atoms. The molecule has 1 heterocycles. The highest BCUT2D eigenvalue weighted by atomic mass is 16.3. The summed E-state index contributed by atoms with van der Waals surface area (Å²) in [6.07, 6.45) is 2.92. The van der Waals surface area contributed by atoms with Crippen LogP contribution in [0.1, 0.15) is 26.0 Å². The normalized spacial score (nSPS) is 12.5. The van der Waals surface area contributed by atoms with Gasteiger partial charge in [-0.05, 0) is 19.1 Å². The molecule has 1 rings (SSSR count). The summed E-state index contributed by atoms with van der Waals surface area (Å²) in [5, 5.41) is 2.87. The average Bonchev–Trinajstić information content (AvgIpc) is 2.56. The van der Waals surface area contributed by atoms with E-state index in [4.69, 9.17) is 4.42 Å². The van der Waals surface area contributed by atoms with Crippen LogP contribution in [0.4, 0.5) is 0 Å². The third-order valence-electron chi connectivity index (χ3n) is 1.82. The monoisotopic (exact) mass is 181 g/mol. The first kappa shape index (κ1) is 9.84. The summed E-state index contributed by atoms with van der Waals surface area (Å²) in [5.41, 5.74) is 0. The van der Waals surface area contributed by atoms with Crippen LogP contribution in [0.25, 0.3) is 0 Å². The molecule has 3 heteroatoms. The molecular weight excluding hydrogens is 166 g/mol. The van der Waals surface area contributed by atoms with Crippen LogP contribution in [0.3, 0.4) is 0 Å². The lowest BCUT2D eigenvalue weighted by molar-refractivity contribution is -0.121. The highest BCUT2D eigenvalue weighted by Gasteiger charge is 2.07. The number of nitrogens with one attached hydrogen (secondary N) is 1. The molecule has 13 heavy (non-hydrogen) atoms. The molecule has 0 bridgehead atoms. The van der Waals surface area contributed by atoms with Crippen molar-refractivity contribution in [2.75, 3.05) is 0 Å². The van der Waals surface area contributed by atoms with E-state index in [-0.39, 0.29) is 11.9 Å². The summed E-state index contributed by atoms with van der Waals surface area (Å²) in [6.45, 7) is 3.81. The summed E-state index contributed by atoms with van der Waals surface area (Å²) < 4.78 is 5.17. The first-order valence-electron chi connectivity index (χ1n) is 4.54. The van der Waals surface area contributed by atoms with Crippen molar-refractivity contribution >= 4 is 5.91 Å². The predicted octanol–water partition coefficient (Wildman–Crippen LogP) is 1.74. The van der Waals surface area contributed by atoms with E-state index in [9.17, 15) is 4.79 Å². The van der Waals surface area contributed by atoms with Gasteiger partial charge in [-0.3, -0.25) is 4.79 Å². The van der Waals surface area contributed by atoms with Gasteiger partial charge in [-0.2, -0.15) is 0 Å². The minimum absolute atomic E-state index is 0.0825. The highest BCUT2D eigenvalue weighted by molar-refractivity contribution is 5.75. The molecule has 0 fully saturated rings. The van der Waals surface area contributed by atoms with E-state index < -0.39 is 0 Å². The lowest BCUT2D eigenvalue weighted by atomic mass is 10.2. The fourth-order valence-corrected chi connectivity index (χ4v) is 1.16. The summed E-state index contributed by atoms with van der Waals surface area (Å²) in [7, 11) is 0. The van der Waals surface area contributed by atoms with Gasteiger partial charge in [0.1, 0.15) is 5.76 Å². The van der Waals surface area contributed by atoms with Crippen LogP contribution in [0.2, 0.25) is 0 Å². The quantitative estimate of drug-likeness (QED) is 0.768. The topological polar surface area (TPSA) is 42.2 Å². The van der Waals surface area contributed by atoms with Crippen molar-refractivity contribution in [3.63, 3.8) is 0 Å². The molecule has 0 radical (unpaired) electrons. The molecule has 0 aliphatic heterocycles. The molecule has 0 aromatic carbocycles. The molecule has 0 saturated carbocycles. The molecular formula is C10H15NO2. The fourth-order valence-electron chi connectivity index (χ4n) is 1.16. The average molecular weight is 181 g/mol. The number of hydrogen-bond donors (Lipinski definition) is 1. The van der Waals surface area contributed by atoms with Crippen LogP contribution in [0.15, 0.2) is 22.8 Å². The Morgan fingerprint density at radius 2 is 2.46 bits per heavy atom. The maximum Gasteiger partial charge on any atom is 0.219 e. The molecule has 1 amide bonds. The zero-order chi connectivity index (χ0) is 9.68. The van der Waals surface area contributed by atoms with Crippen LogP contribution in [-0.2, 0) is 11.2 Å². The Morgan fingerprint density at radius 1 is 1.69 bits per heavy atom. The Labute approximate surface area is 78.1 Å². The van der Waals surface area contributed by atoms with Crippen LogP contribution >= 0.6 is 0 Å². The SMILES string of the molecule is CCC(=O)NC(C)Cc1ccco1. The van der Waals surface area contributed by atoms with Crippen molar-refractivity contribution < 1.29 is 9.21 Å². The molecule has 1 N–H and O–H groups in total. The molecule has 1 aromatic heterocycles. The van der Waals surface area contributed by atoms with Crippen molar-refractivity contribution in [1.29, 1.82) is 0 Å². The fraction of sp³-hybridized carbons (Fsp3) is 0.500. The molecule has 3 nitrogen and oxygen atoms in total. The lowest BCUT2D eigenvalue weighted by Crippen LogP contribution is -2.33. The van der Waals surface area contributed by atoms with Crippen molar-refractivity contribution in [3.8, 4) is 0 Å². The number of amides is 1. The minimum atomic E-state index is 0.0825. The second-order valence-corrected chi connectivity index (χ2v) is 3.11. The van der Waals surface area contributed by atoms with E-state index in [0.717, 1.165) is 12.2 Å². The van der Waals surface area contributed by atoms with E-state index in [2.05, 4.69) is 5.32 Å². The molecule has 72 valence electrons. The van der Waals surface area contributed by atoms with Gasteiger partial charge in [-0.1, -0.05) is 6.92 Å². The smallest absolute Gasteiger partial charge is 0.219 e. The Kier molecular flexibility index (Phi) is 3.55. The van der Waals surface area contributed by atoms with Gasteiger partial charge in [0, 0.05) is 18.9 Å². The second kappa shape index (κ2) is 4.70. The minimum Gasteiger partial charge on any atom is -0.469 e. The third-order valence-corrected chi connectivity index (χ3v) is 1.82. The predicted molar refractivity (Wildman–Crippen MR) is 50.3 cm³/mol. The summed E-state index contributed by atoms with van der Waals surface area (Å²) in [4.78, 5) is 11.0. The Balaban J connectivity index is 2.33. The van der Waals surface area contributed by atoms with E-state index in [1.807, 2.05) is 26.0 Å². The van der Waals surface area contributed by atoms with Crippen LogP contribution in [-0.4, -0.2) is 11.9 Å². The number of carbonyl (C=O) groups is 1. The lowest BCUT2D eigenvalue weighted by Gasteiger charge is -2.10. The maximum absolute atomic E-state index is 11.0. The maximum atomic E-state index is 11.0. The van der Waals surface area contributed by atoms with Crippen molar-refractivity contribution in [3.05, 3.63) is 24.2 Å². The zero-order valence-electron chi connectivity index (χ0n) is 8.04.